The molecule has 1 amide bonds. The fourth-order valence-corrected chi connectivity index (χ4v) is 2.86. The lowest BCUT2D eigenvalue weighted by Gasteiger charge is -2.24. The molecule has 0 saturated heterocycles. The third kappa shape index (κ3) is 3.86. The quantitative estimate of drug-likeness (QED) is 0.837. The van der Waals surface area contributed by atoms with Crippen LogP contribution in [0.3, 0.4) is 0 Å². The molecule has 0 aliphatic heterocycles. The number of hydrogen-bond acceptors (Lipinski definition) is 4. The zero-order valence-electron chi connectivity index (χ0n) is 13.6. The summed E-state index contributed by atoms with van der Waals surface area (Å²) in [7, 11) is 0. The molecule has 6 nitrogen and oxygen atoms in total. The van der Waals surface area contributed by atoms with E-state index in [1.807, 2.05) is 30.9 Å². The van der Waals surface area contributed by atoms with Gasteiger partial charge in [0.2, 0.25) is 5.91 Å². The Balaban J connectivity index is 1.82. The van der Waals surface area contributed by atoms with Crippen molar-refractivity contribution >= 4 is 5.91 Å². The van der Waals surface area contributed by atoms with E-state index in [4.69, 9.17) is 0 Å². The normalized spacial score (nSPS) is 19.4. The van der Waals surface area contributed by atoms with E-state index in [0.29, 0.717) is 0 Å². The van der Waals surface area contributed by atoms with Crippen LogP contribution in [0.25, 0.3) is 0 Å². The number of nitriles is 1. The molecular formula is C16H25N5O. The van der Waals surface area contributed by atoms with Gasteiger partial charge < -0.3 is 10.6 Å². The Labute approximate surface area is 131 Å². The lowest BCUT2D eigenvalue weighted by Crippen LogP contribution is -2.49. The molecule has 120 valence electrons. The van der Waals surface area contributed by atoms with Crippen LogP contribution in [-0.4, -0.2) is 33.8 Å². The van der Waals surface area contributed by atoms with Crippen LogP contribution in [0.15, 0.2) is 12.4 Å². The van der Waals surface area contributed by atoms with E-state index in [9.17, 15) is 10.1 Å². The molecule has 22 heavy (non-hydrogen) atoms. The Bertz CT molecular complexity index is 553. The van der Waals surface area contributed by atoms with Crippen LogP contribution >= 0.6 is 0 Å². The van der Waals surface area contributed by atoms with Gasteiger partial charge in [-0.25, -0.2) is 0 Å². The van der Waals surface area contributed by atoms with Gasteiger partial charge in [0, 0.05) is 12.2 Å². The van der Waals surface area contributed by atoms with Crippen LogP contribution in [0.4, 0.5) is 0 Å². The molecule has 2 atom stereocenters. The number of nitrogens with one attached hydrogen (secondary N) is 2. The first-order valence-electron chi connectivity index (χ1n) is 7.92. The second-order valence-electron chi connectivity index (χ2n) is 6.36. The first-order valence-corrected chi connectivity index (χ1v) is 7.92. The van der Waals surface area contributed by atoms with Crippen molar-refractivity contribution < 1.29 is 4.79 Å². The summed E-state index contributed by atoms with van der Waals surface area (Å²) in [5.74, 6) is -0.112. The Morgan fingerprint density at radius 1 is 1.50 bits per heavy atom. The van der Waals surface area contributed by atoms with Crippen molar-refractivity contribution in [3.05, 3.63) is 18.0 Å². The molecular weight excluding hydrogens is 278 g/mol. The number of carbonyl (C=O) groups excluding carboxylic acids is 1. The topological polar surface area (TPSA) is 82.7 Å². The van der Waals surface area contributed by atoms with Crippen molar-refractivity contribution in [1.29, 1.82) is 5.26 Å². The largest absolute Gasteiger partial charge is 0.337 e. The van der Waals surface area contributed by atoms with E-state index < -0.39 is 5.54 Å². The SMILES string of the molecule is Cc1cnn([C@@H](C)[C@@H](C)NCC(=O)NC2(C#N)CCCC2)c1. The number of rotatable bonds is 6. The number of hydrogen-bond donors (Lipinski definition) is 2. The van der Waals surface area contributed by atoms with E-state index in [-0.39, 0.29) is 24.5 Å². The van der Waals surface area contributed by atoms with Crippen LogP contribution in [-0.2, 0) is 4.79 Å². The van der Waals surface area contributed by atoms with Gasteiger partial charge in [-0.05, 0) is 52.0 Å². The summed E-state index contributed by atoms with van der Waals surface area (Å²) in [6.45, 7) is 6.32. The molecule has 0 radical (unpaired) electrons. The smallest absolute Gasteiger partial charge is 0.235 e. The molecule has 1 aromatic rings. The predicted molar refractivity (Wildman–Crippen MR) is 84.1 cm³/mol. The van der Waals surface area contributed by atoms with Crippen molar-refractivity contribution in [3.63, 3.8) is 0 Å². The summed E-state index contributed by atoms with van der Waals surface area (Å²) < 4.78 is 1.90. The van der Waals surface area contributed by atoms with Crippen LogP contribution in [0.5, 0.6) is 0 Å². The molecule has 1 fully saturated rings. The molecule has 1 heterocycles. The standard InChI is InChI=1S/C16H25N5O/c1-12-8-19-21(10-12)14(3)13(2)18-9-15(22)20-16(11-17)6-4-5-7-16/h8,10,13-14,18H,4-7,9H2,1-3H3,(H,20,22)/t13-,14+/m1/s1. The van der Waals surface area contributed by atoms with E-state index in [0.717, 1.165) is 31.2 Å². The summed E-state index contributed by atoms with van der Waals surface area (Å²) in [6.07, 6.45) is 7.35. The van der Waals surface area contributed by atoms with Gasteiger partial charge in [0.25, 0.3) is 0 Å². The third-order valence-electron chi connectivity index (χ3n) is 4.51. The highest BCUT2D eigenvalue weighted by Crippen LogP contribution is 2.28. The minimum absolute atomic E-state index is 0.103. The van der Waals surface area contributed by atoms with Crippen molar-refractivity contribution in [2.24, 2.45) is 0 Å². The lowest BCUT2D eigenvalue weighted by atomic mass is 10.00. The minimum Gasteiger partial charge on any atom is -0.337 e. The number of carbonyl (C=O) groups is 1. The van der Waals surface area contributed by atoms with E-state index >= 15 is 0 Å². The number of aromatic nitrogens is 2. The van der Waals surface area contributed by atoms with E-state index in [1.54, 1.807) is 0 Å². The number of nitrogens with zero attached hydrogens (tertiary/aromatic N) is 3. The van der Waals surface area contributed by atoms with E-state index in [1.165, 1.54) is 0 Å². The average molecular weight is 303 g/mol. The van der Waals surface area contributed by atoms with Gasteiger partial charge in [-0.2, -0.15) is 10.4 Å². The summed E-state index contributed by atoms with van der Waals surface area (Å²) in [4.78, 5) is 12.1. The van der Waals surface area contributed by atoms with Crippen molar-refractivity contribution in [2.45, 2.75) is 64.1 Å². The van der Waals surface area contributed by atoms with Crippen LogP contribution in [0.1, 0.15) is 51.1 Å². The van der Waals surface area contributed by atoms with Crippen LogP contribution < -0.4 is 10.6 Å². The predicted octanol–water partition coefficient (Wildman–Crippen LogP) is 1.68. The highest BCUT2D eigenvalue weighted by molar-refractivity contribution is 5.79. The molecule has 1 aliphatic rings. The van der Waals surface area contributed by atoms with Gasteiger partial charge in [-0.3, -0.25) is 9.48 Å². The first kappa shape index (κ1) is 16.5. The summed E-state index contributed by atoms with van der Waals surface area (Å²) in [6, 6.07) is 2.53. The molecule has 2 N–H and O–H groups in total. The average Bonchev–Trinajstić information content (AvgIpc) is 3.13. The van der Waals surface area contributed by atoms with Crippen molar-refractivity contribution in [2.75, 3.05) is 6.54 Å². The van der Waals surface area contributed by atoms with Gasteiger partial charge in [0.1, 0.15) is 5.54 Å². The maximum absolute atomic E-state index is 12.1. The van der Waals surface area contributed by atoms with Crippen LogP contribution in [0, 0.1) is 18.3 Å². The molecule has 0 bridgehead atoms. The second-order valence-corrected chi connectivity index (χ2v) is 6.36. The number of aryl methyl sites for hydroxylation is 1. The first-order chi connectivity index (χ1) is 10.5. The second kappa shape index (κ2) is 6.93. The summed E-state index contributed by atoms with van der Waals surface area (Å²) >= 11 is 0. The molecule has 1 saturated carbocycles. The molecule has 0 aromatic carbocycles. The van der Waals surface area contributed by atoms with Gasteiger partial charge in [-0.15, -0.1) is 0 Å². The van der Waals surface area contributed by atoms with Gasteiger partial charge in [0.05, 0.1) is 24.9 Å². The van der Waals surface area contributed by atoms with Crippen molar-refractivity contribution in [3.8, 4) is 6.07 Å². The van der Waals surface area contributed by atoms with Crippen molar-refractivity contribution in [1.82, 2.24) is 20.4 Å². The van der Waals surface area contributed by atoms with Crippen LogP contribution in [0.2, 0.25) is 0 Å². The lowest BCUT2D eigenvalue weighted by molar-refractivity contribution is -0.121. The zero-order chi connectivity index (χ0) is 16.2. The molecule has 6 heteroatoms. The zero-order valence-corrected chi connectivity index (χ0v) is 13.6. The highest BCUT2D eigenvalue weighted by atomic mass is 16.2. The highest BCUT2D eigenvalue weighted by Gasteiger charge is 2.35. The molecule has 0 spiro atoms. The van der Waals surface area contributed by atoms with E-state index in [2.05, 4.69) is 28.7 Å². The monoisotopic (exact) mass is 303 g/mol. The summed E-state index contributed by atoms with van der Waals surface area (Å²) in [5.41, 5.74) is 0.473. The van der Waals surface area contributed by atoms with Gasteiger partial charge in [0.15, 0.2) is 0 Å². The fourth-order valence-electron chi connectivity index (χ4n) is 2.86. The number of amides is 1. The van der Waals surface area contributed by atoms with Gasteiger partial charge >= 0.3 is 0 Å². The Morgan fingerprint density at radius 2 is 2.18 bits per heavy atom. The Kier molecular flexibility index (Phi) is 5.19. The maximum Gasteiger partial charge on any atom is 0.235 e. The third-order valence-corrected chi connectivity index (χ3v) is 4.51. The molecule has 0 unspecified atom stereocenters. The Morgan fingerprint density at radius 3 is 2.73 bits per heavy atom. The molecule has 1 aromatic heterocycles. The molecule has 2 rings (SSSR count). The van der Waals surface area contributed by atoms with Gasteiger partial charge in [-0.1, -0.05) is 0 Å². The fraction of sp³-hybridized carbons (Fsp3) is 0.688. The maximum atomic E-state index is 12.1. The summed E-state index contributed by atoms with van der Waals surface area (Å²) in [5, 5.41) is 19.7. The molecule has 1 aliphatic carbocycles. The minimum atomic E-state index is -0.646. The Hall–Kier alpha value is -1.87.